The van der Waals surface area contributed by atoms with Gasteiger partial charge in [0.15, 0.2) is 11.5 Å². The maximum atomic E-state index is 12.0. The highest BCUT2D eigenvalue weighted by Gasteiger charge is 2.16. The number of ether oxygens (including phenoxy) is 1. The van der Waals surface area contributed by atoms with Crippen molar-refractivity contribution >= 4 is 16.9 Å². The molecule has 0 bridgehead atoms. The number of nitrogens with zero attached hydrogens (tertiary/aromatic N) is 1. The van der Waals surface area contributed by atoms with Gasteiger partial charge in [0.1, 0.15) is 5.56 Å². The van der Waals surface area contributed by atoms with E-state index in [1.165, 1.54) is 25.4 Å². The number of aromatic hydroxyl groups is 1. The Kier molecular flexibility index (Phi) is 3.16. The second-order valence-electron chi connectivity index (χ2n) is 4.00. The molecular formula is C13H13NO5. The number of carboxylic acid groups (broad SMARTS) is 1. The van der Waals surface area contributed by atoms with Crippen LogP contribution in [0.4, 0.5) is 0 Å². The predicted octanol–water partition coefficient (Wildman–Crippen LogP) is 1.43. The van der Waals surface area contributed by atoms with E-state index in [1.54, 1.807) is 4.57 Å². The molecule has 0 saturated heterocycles. The van der Waals surface area contributed by atoms with Crippen LogP contribution in [-0.4, -0.2) is 27.9 Å². The molecular weight excluding hydrogens is 250 g/mol. The number of fused-ring (bicyclic) bond motifs is 1. The van der Waals surface area contributed by atoms with Crippen LogP contribution in [0.3, 0.4) is 0 Å². The fourth-order valence-electron chi connectivity index (χ4n) is 1.98. The number of hydrogen-bond acceptors (Lipinski definition) is 4. The Morgan fingerprint density at radius 3 is 2.63 bits per heavy atom. The lowest BCUT2D eigenvalue weighted by Gasteiger charge is -2.12. The van der Waals surface area contributed by atoms with E-state index in [4.69, 9.17) is 9.84 Å². The lowest BCUT2D eigenvalue weighted by Crippen LogP contribution is -2.18. The normalized spacial score (nSPS) is 10.6. The summed E-state index contributed by atoms with van der Waals surface area (Å²) in [7, 11) is 1.40. The lowest BCUT2D eigenvalue weighted by atomic mass is 10.1. The van der Waals surface area contributed by atoms with Gasteiger partial charge in [0.2, 0.25) is 5.43 Å². The zero-order valence-electron chi connectivity index (χ0n) is 10.5. The van der Waals surface area contributed by atoms with Gasteiger partial charge < -0.3 is 19.5 Å². The van der Waals surface area contributed by atoms with E-state index in [1.807, 2.05) is 6.92 Å². The van der Waals surface area contributed by atoms with Crippen LogP contribution in [0.5, 0.6) is 11.5 Å². The largest absolute Gasteiger partial charge is 0.504 e. The van der Waals surface area contributed by atoms with Crippen molar-refractivity contribution in [2.45, 2.75) is 13.5 Å². The van der Waals surface area contributed by atoms with E-state index >= 15 is 0 Å². The third-order valence-corrected chi connectivity index (χ3v) is 2.95. The molecule has 2 N–H and O–H groups in total. The lowest BCUT2D eigenvalue weighted by molar-refractivity contribution is 0.0695. The molecule has 6 heteroatoms. The van der Waals surface area contributed by atoms with E-state index < -0.39 is 11.4 Å². The first-order chi connectivity index (χ1) is 8.99. The first kappa shape index (κ1) is 12.9. The average Bonchev–Trinajstić information content (AvgIpc) is 2.38. The van der Waals surface area contributed by atoms with Crippen LogP contribution >= 0.6 is 0 Å². The number of carbonyl (C=O) groups is 1. The molecule has 1 aromatic heterocycles. The summed E-state index contributed by atoms with van der Waals surface area (Å²) < 4.78 is 6.62. The Bertz CT molecular complexity index is 717. The molecule has 1 aromatic carbocycles. The van der Waals surface area contributed by atoms with E-state index in [0.717, 1.165) is 0 Å². The Balaban J connectivity index is 2.95. The van der Waals surface area contributed by atoms with Gasteiger partial charge in [-0.05, 0) is 13.0 Å². The molecule has 0 aliphatic rings. The number of hydrogen-bond donors (Lipinski definition) is 2. The summed E-state index contributed by atoms with van der Waals surface area (Å²) in [5, 5.41) is 18.9. The number of phenolic OH excluding ortho intramolecular Hbond substituents is 1. The fraction of sp³-hybridized carbons (Fsp3) is 0.231. The third-order valence-electron chi connectivity index (χ3n) is 2.95. The van der Waals surface area contributed by atoms with Gasteiger partial charge in [-0.2, -0.15) is 0 Å². The summed E-state index contributed by atoms with van der Waals surface area (Å²) in [5.41, 5.74) is -0.420. The van der Waals surface area contributed by atoms with Gasteiger partial charge >= 0.3 is 5.97 Å². The smallest absolute Gasteiger partial charge is 0.341 e. The molecule has 0 saturated carbocycles. The quantitative estimate of drug-likeness (QED) is 0.874. The molecule has 0 unspecified atom stereocenters. The minimum atomic E-state index is -1.29. The van der Waals surface area contributed by atoms with Crippen molar-refractivity contribution in [2.24, 2.45) is 0 Å². The molecule has 0 amide bonds. The number of aromatic nitrogens is 1. The number of pyridine rings is 1. The summed E-state index contributed by atoms with van der Waals surface area (Å²) in [6, 6.07) is 2.75. The second kappa shape index (κ2) is 4.64. The van der Waals surface area contributed by atoms with Crippen molar-refractivity contribution in [3.63, 3.8) is 0 Å². The summed E-state index contributed by atoms with van der Waals surface area (Å²) in [6.07, 6.45) is 1.30. The SMILES string of the molecule is CCn1cc(C(=O)O)c(=O)c2cc(O)c(OC)cc21. The topological polar surface area (TPSA) is 88.8 Å². The molecule has 6 nitrogen and oxygen atoms in total. The van der Waals surface area contributed by atoms with E-state index in [-0.39, 0.29) is 22.4 Å². The van der Waals surface area contributed by atoms with Crippen molar-refractivity contribution in [3.8, 4) is 11.5 Å². The molecule has 100 valence electrons. The summed E-state index contributed by atoms with van der Waals surface area (Å²) in [6.45, 7) is 2.32. The molecule has 19 heavy (non-hydrogen) atoms. The molecule has 2 rings (SSSR count). The molecule has 0 radical (unpaired) electrons. The number of aromatic carboxylic acids is 1. The minimum Gasteiger partial charge on any atom is -0.504 e. The first-order valence-corrected chi connectivity index (χ1v) is 5.67. The number of carboxylic acids is 1. The zero-order valence-corrected chi connectivity index (χ0v) is 10.5. The molecule has 2 aromatic rings. The Morgan fingerprint density at radius 1 is 1.42 bits per heavy atom. The van der Waals surface area contributed by atoms with Gasteiger partial charge in [-0.15, -0.1) is 0 Å². The molecule has 0 fully saturated rings. The van der Waals surface area contributed by atoms with Crippen molar-refractivity contribution < 1.29 is 19.7 Å². The molecule has 1 heterocycles. The predicted molar refractivity (Wildman–Crippen MR) is 69.1 cm³/mol. The molecule has 0 spiro atoms. The maximum absolute atomic E-state index is 12.0. The van der Waals surface area contributed by atoms with Crippen molar-refractivity contribution in [1.82, 2.24) is 4.57 Å². The Morgan fingerprint density at radius 2 is 2.11 bits per heavy atom. The first-order valence-electron chi connectivity index (χ1n) is 5.67. The third kappa shape index (κ3) is 2.01. The fourth-order valence-corrected chi connectivity index (χ4v) is 1.98. The number of phenols is 1. The second-order valence-corrected chi connectivity index (χ2v) is 4.00. The van der Waals surface area contributed by atoms with Crippen LogP contribution in [0.2, 0.25) is 0 Å². The standard InChI is InChI=1S/C13H13NO5/c1-3-14-6-8(13(17)18)12(16)7-4-10(15)11(19-2)5-9(7)14/h4-6,15H,3H2,1-2H3,(H,17,18). The van der Waals surface area contributed by atoms with Gasteiger partial charge in [-0.25, -0.2) is 4.79 Å². The number of methoxy groups -OCH3 is 1. The average molecular weight is 263 g/mol. The van der Waals surface area contributed by atoms with E-state index in [9.17, 15) is 14.7 Å². The number of benzene rings is 1. The molecule has 0 aliphatic heterocycles. The summed E-state index contributed by atoms with van der Waals surface area (Å²) >= 11 is 0. The monoisotopic (exact) mass is 263 g/mol. The Labute approximate surface area is 108 Å². The Hall–Kier alpha value is -2.50. The summed E-state index contributed by atoms with van der Waals surface area (Å²) in [5.74, 6) is -1.25. The minimum absolute atomic E-state index is 0.153. The molecule has 0 aliphatic carbocycles. The van der Waals surface area contributed by atoms with Gasteiger partial charge in [0.25, 0.3) is 0 Å². The highest BCUT2D eigenvalue weighted by atomic mass is 16.5. The van der Waals surface area contributed by atoms with E-state index in [2.05, 4.69) is 0 Å². The van der Waals surface area contributed by atoms with Gasteiger partial charge in [-0.1, -0.05) is 0 Å². The van der Waals surface area contributed by atoms with Gasteiger partial charge in [0.05, 0.1) is 18.0 Å². The summed E-state index contributed by atoms with van der Waals surface area (Å²) in [4.78, 5) is 23.1. The van der Waals surface area contributed by atoms with Crippen LogP contribution in [0, 0.1) is 0 Å². The van der Waals surface area contributed by atoms with Crippen LogP contribution in [0.1, 0.15) is 17.3 Å². The van der Waals surface area contributed by atoms with E-state index in [0.29, 0.717) is 12.1 Å². The van der Waals surface area contributed by atoms with Crippen LogP contribution in [0.15, 0.2) is 23.1 Å². The number of aryl methyl sites for hydroxylation is 1. The van der Waals surface area contributed by atoms with Crippen molar-refractivity contribution in [3.05, 3.63) is 34.1 Å². The van der Waals surface area contributed by atoms with Crippen LogP contribution < -0.4 is 10.2 Å². The van der Waals surface area contributed by atoms with Crippen molar-refractivity contribution in [1.29, 1.82) is 0 Å². The van der Waals surface area contributed by atoms with Crippen molar-refractivity contribution in [2.75, 3.05) is 7.11 Å². The van der Waals surface area contributed by atoms with Crippen LogP contribution in [-0.2, 0) is 6.54 Å². The number of rotatable bonds is 3. The zero-order chi connectivity index (χ0) is 14.2. The molecule has 0 atom stereocenters. The highest BCUT2D eigenvalue weighted by Crippen LogP contribution is 2.30. The maximum Gasteiger partial charge on any atom is 0.341 e. The van der Waals surface area contributed by atoms with Gasteiger partial charge in [0, 0.05) is 18.8 Å². The highest BCUT2D eigenvalue weighted by molar-refractivity contribution is 5.93. The van der Waals surface area contributed by atoms with Gasteiger partial charge in [-0.3, -0.25) is 4.79 Å². The van der Waals surface area contributed by atoms with Crippen LogP contribution in [0.25, 0.3) is 10.9 Å².